The third kappa shape index (κ3) is 2.96. The van der Waals surface area contributed by atoms with Gasteiger partial charge >= 0.3 is 6.18 Å². The van der Waals surface area contributed by atoms with Crippen molar-refractivity contribution in [2.45, 2.75) is 18.7 Å². The van der Waals surface area contributed by atoms with Crippen molar-refractivity contribution in [1.29, 1.82) is 0 Å². The fourth-order valence-corrected chi connectivity index (χ4v) is 4.91. The van der Waals surface area contributed by atoms with Gasteiger partial charge in [0.25, 0.3) is 5.91 Å². The first-order chi connectivity index (χ1) is 14.2. The van der Waals surface area contributed by atoms with Gasteiger partial charge in [-0.25, -0.2) is 0 Å². The van der Waals surface area contributed by atoms with Gasteiger partial charge in [-0.3, -0.25) is 9.36 Å². The van der Waals surface area contributed by atoms with Gasteiger partial charge < -0.3 is 10.0 Å². The van der Waals surface area contributed by atoms with Gasteiger partial charge in [-0.05, 0) is 36.8 Å². The van der Waals surface area contributed by atoms with E-state index in [-0.39, 0.29) is 5.91 Å². The minimum atomic E-state index is -4.42. The number of aryl methyl sites for hydroxylation is 1. The Kier molecular flexibility index (Phi) is 4.16. The molecule has 1 aliphatic heterocycles. The number of thiophene rings is 1. The lowest BCUT2D eigenvalue weighted by Gasteiger charge is -2.13. The quantitative estimate of drug-likeness (QED) is 0.525. The molecule has 1 unspecified atom stereocenters. The van der Waals surface area contributed by atoms with E-state index in [2.05, 4.69) is 10.2 Å². The number of amides is 1. The predicted octanol–water partition coefficient (Wildman–Crippen LogP) is 3.20. The summed E-state index contributed by atoms with van der Waals surface area (Å²) in [4.78, 5) is 17.0. The highest BCUT2D eigenvalue weighted by Gasteiger charge is 2.31. The summed E-state index contributed by atoms with van der Waals surface area (Å²) >= 11 is 1.24. The van der Waals surface area contributed by atoms with Crippen LogP contribution in [0.5, 0.6) is 0 Å². The van der Waals surface area contributed by atoms with Crippen molar-refractivity contribution in [3.63, 3.8) is 0 Å². The zero-order valence-electron chi connectivity index (χ0n) is 15.7. The molecule has 11 heteroatoms. The van der Waals surface area contributed by atoms with E-state index in [0.29, 0.717) is 51.5 Å². The molecule has 30 heavy (non-hydrogen) atoms. The molecule has 0 aliphatic carbocycles. The second-order valence-corrected chi connectivity index (χ2v) is 8.30. The van der Waals surface area contributed by atoms with Gasteiger partial charge in [0.2, 0.25) is 0 Å². The molecule has 4 heterocycles. The average Bonchev–Trinajstić information content (AvgIpc) is 3.43. The number of β-amino-alcohol motifs (C(OH)–C–C–N with tert-alkyl or cyclic N) is 1. The van der Waals surface area contributed by atoms with E-state index < -0.39 is 17.8 Å². The third-order valence-electron chi connectivity index (χ3n) is 5.19. The maximum absolute atomic E-state index is 12.9. The Bertz CT molecular complexity index is 1270. The van der Waals surface area contributed by atoms with Crippen LogP contribution in [0.4, 0.5) is 13.2 Å². The number of halogens is 3. The van der Waals surface area contributed by atoms with Gasteiger partial charge in [0.15, 0.2) is 5.65 Å². The molecule has 7 nitrogen and oxygen atoms in total. The molecule has 0 radical (unpaired) electrons. The van der Waals surface area contributed by atoms with Gasteiger partial charge in [-0.15, -0.1) is 16.4 Å². The third-order valence-corrected chi connectivity index (χ3v) is 6.30. The molecule has 0 bridgehead atoms. The average molecular weight is 435 g/mol. The number of nitrogens with zero attached hydrogens (tertiary/aromatic N) is 5. The first-order valence-electron chi connectivity index (χ1n) is 9.22. The number of aliphatic hydroxyl groups is 1. The first-order valence-corrected chi connectivity index (χ1v) is 10.0. The summed E-state index contributed by atoms with van der Waals surface area (Å²) < 4.78 is 40.6. The van der Waals surface area contributed by atoms with Crippen LogP contribution in [0.25, 0.3) is 27.1 Å². The fourth-order valence-electron chi connectivity index (χ4n) is 3.76. The van der Waals surface area contributed by atoms with Crippen molar-refractivity contribution >= 4 is 38.6 Å². The van der Waals surface area contributed by atoms with Gasteiger partial charge in [-0.2, -0.15) is 23.1 Å². The largest absolute Gasteiger partial charge is 0.416 e. The van der Waals surface area contributed by atoms with Crippen molar-refractivity contribution in [2.75, 3.05) is 13.1 Å². The van der Waals surface area contributed by atoms with Crippen molar-refractivity contribution in [1.82, 2.24) is 24.5 Å². The highest BCUT2D eigenvalue weighted by atomic mass is 32.1. The fraction of sp³-hybridized carbons (Fsp3) is 0.316. The number of likely N-dealkylation sites (tertiary alicyclic amines) is 1. The van der Waals surface area contributed by atoms with Crippen LogP contribution in [-0.4, -0.2) is 54.7 Å². The zero-order chi connectivity index (χ0) is 21.2. The van der Waals surface area contributed by atoms with E-state index in [0.717, 1.165) is 12.1 Å². The van der Waals surface area contributed by atoms with Crippen LogP contribution in [0.15, 0.2) is 30.3 Å². The Morgan fingerprint density at radius 2 is 1.97 bits per heavy atom. The highest BCUT2D eigenvalue weighted by Crippen LogP contribution is 2.37. The molecule has 1 atom stereocenters. The molecule has 1 N–H and O–H groups in total. The van der Waals surface area contributed by atoms with Gasteiger partial charge in [0.05, 0.1) is 16.5 Å². The monoisotopic (exact) mass is 435 g/mol. The number of carbonyl (C=O) groups is 1. The number of fused-ring (bicyclic) bond motifs is 3. The number of carbonyl (C=O) groups excluding carboxylic acids is 1. The number of hydrogen-bond donors (Lipinski definition) is 1. The van der Waals surface area contributed by atoms with Crippen LogP contribution < -0.4 is 0 Å². The molecule has 3 aromatic heterocycles. The van der Waals surface area contributed by atoms with Crippen LogP contribution >= 0.6 is 11.3 Å². The van der Waals surface area contributed by atoms with Gasteiger partial charge in [0.1, 0.15) is 10.3 Å². The molecular weight excluding hydrogens is 419 g/mol. The lowest BCUT2D eigenvalue weighted by atomic mass is 10.2. The van der Waals surface area contributed by atoms with Crippen LogP contribution in [0.1, 0.15) is 21.7 Å². The van der Waals surface area contributed by atoms with Gasteiger partial charge in [-0.1, -0.05) is 0 Å². The summed E-state index contributed by atoms with van der Waals surface area (Å²) in [5, 5.41) is 19.2. The Morgan fingerprint density at radius 1 is 1.23 bits per heavy atom. The minimum absolute atomic E-state index is 0.177. The number of aliphatic hydroxyl groups excluding tert-OH is 1. The number of hydrogen-bond acceptors (Lipinski definition) is 5. The zero-order valence-corrected chi connectivity index (χ0v) is 16.5. The lowest BCUT2D eigenvalue weighted by Crippen LogP contribution is -2.28. The molecule has 0 saturated carbocycles. The van der Waals surface area contributed by atoms with E-state index in [1.807, 2.05) is 0 Å². The standard InChI is InChI=1S/C19H16F3N5O2S/c1-25-23-15-13-8-14(17(29)26-7-6-12(28)9-26)30-18(13)27(16(15)24-25)11-4-2-10(3-5-11)19(20,21)22/h2-5,8,12,28H,6-7,9H2,1H3. The smallest absolute Gasteiger partial charge is 0.391 e. The molecular formula is C19H16F3N5O2S. The summed E-state index contributed by atoms with van der Waals surface area (Å²) in [5.74, 6) is -0.177. The SMILES string of the molecule is Cn1nc2c3cc(C(=O)N4CCC(O)C4)sc3n(-c3ccc(C(F)(F)F)cc3)c2n1. The molecule has 1 saturated heterocycles. The van der Waals surface area contributed by atoms with Crippen molar-refractivity contribution in [3.8, 4) is 5.69 Å². The summed E-state index contributed by atoms with van der Waals surface area (Å²) in [7, 11) is 1.66. The predicted molar refractivity (Wildman–Crippen MR) is 105 cm³/mol. The van der Waals surface area contributed by atoms with E-state index >= 15 is 0 Å². The summed E-state index contributed by atoms with van der Waals surface area (Å²) in [6.07, 6.45) is -4.39. The van der Waals surface area contributed by atoms with E-state index in [4.69, 9.17) is 0 Å². The van der Waals surface area contributed by atoms with Crippen LogP contribution in [0.3, 0.4) is 0 Å². The number of aromatic nitrogens is 4. The van der Waals surface area contributed by atoms with Crippen LogP contribution in [0, 0.1) is 0 Å². The molecule has 156 valence electrons. The topological polar surface area (TPSA) is 76.2 Å². The maximum Gasteiger partial charge on any atom is 0.416 e. The number of rotatable bonds is 2. The molecule has 0 spiro atoms. The van der Waals surface area contributed by atoms with Crippen molar-refractivity contribution in [2.24, 2.45) is 7.05 Å². The molecule has 1 amide bonds. The van der Waals surface area contributed by atoms with E-state index in [1.165, 1.54) is 28.3 Å². The molecule has 1 aliphatic rings. The van der Waals surface area contributed by atoms with Crippen molar-refractivity contribution in [3.05, 3.63) is 40.8 Å². The second-order valence-electron chi connectivity index (χ2n) is 7.26. The molecule has 5 rings (SSSR count). The lowest BCUT2D eigenvalue weighted by molar-refractivity contribution is -0.137. The summed E-state index contributed by atoms with van der Waals surface area (Å²) in [5.41, 5.74) is 0.846. The Balaban J connectivity index is 1.64. The molecule has 1 fully saturated rings. The van der Waals surface area contributed by atoms with Gasteiger partial charge in [0, 0.05) is 31.2 Å². The van der Waals surface area contributed by atoms with Crippen LogP contribution in [-0.2, 0) is 13.2 Å². The summed E-state index contributed by atoms with van der Waals surface area (Å²) in [6, 6.07) is 6.55. The summed E-state index contributed by atoms with van der Waals surface area (Å²) in [6.45, 7) is 0.780. The number of alkyl halides is 3. The second kappa shape index (κ2) is 6.54. The Morgan fingerprint density at radius 3 is 2.60 bits per heavy atom. The first kappa shape index (κ1) is 19.1. The van der Waals surface area contributed by atoms with Crippen molar-refractivity contribution < 1.29 is 23.1 Å². The molecule has 4 aromatic rings. The Labute approximate surface area is 171 Å². The minimum Gasteiger partial charge on any atom is -0.391 e. The Hall–Kier alpha value is -2.92. The van der Waals surface area contributed by atoms with E-state index in [1.54, 1.807) is 22.6 Å². The number of benzene rings is 1. The maximum atomic E-state index is 12.9. The molecule has 1 aromatic carbocycles. The highest BCUT2D eigenvalue weighted by molar-refractivity contribution is 7.20. The van der Waals surface area contributed by atoms with Crippen LogP contribution in [0.2, 0.25) is 0 Å². The normalized spacial score (nSPS) is 17.5. The van der Waals surface area contributed by atoms with E-state index in [9.17, 15) is 23.1 Å².